The fourth-order valence-electron chi connectivity index (χ4n) is 4.23. The van der Waals surface area contributed by atoms with E-state index >= 15 is 0 Å². The van der Waals surface area contributed by atoms with Crippen molar-refractivity contribution < 1.29 is 14.3 Å². The molecule has 4 fully saturated rings. The lowest BCUT2D eigenvalue weighted by Gasteiger charge is -2.47. The Morgan fingerprint density at radius 1 is 1.25 bits per heavy atom. The van der Waals surface area contributed by atoms with E-state index in [0.29, 0.717) is 13.1 Å². The normalized spacial score (nSPS) is 38.8. The van der Waals surface area contributed by atoms with Crippen molar-refractivity contribution in [2.75, 3.05) is 13.1 Å². The molecule has 4 rings (SSSR count). The number of nitrogens with zero attached hydrogens (tertiary/aromatic N) is 1. The summed E-state index contributed by atoms with van der Waals surface area (Å²) in [4.78, 5) is 13.9. The second-order valence-corrected chi connectivity index (χ2v) is 8.02. The number of hydrogen-bond donors (Lipinski definition) is 1. The lowest BCUT2D eigenvalue weighted by molar-refractivity contribution is -0.0882. The summed E-state index contributed by atoms with van der Waals surface area (Å²) in [6, 6.07) is 0. The van der Waals surface area contributed by atoms with Crippen LogP contribution in [0.4, 0.5) is 4.79 Å². The zero-order valence-corrected chi connectivity index (χ0v) is 13.0. The number of rotatable bonds is 0. The number of carbonyl (C=O) groups excluding carboxylic acids is 1. The van der Waals surface area contributed by atoms with Gasteiger partial charge < -0.3 is 20.1 Å². The molecule has 114 valence electrons. The predicted octanol–water partition coefficient (Wildman–Crippen LogP) is 2.04. The van der Waals surface area contributed by atoms with Crippen LogP contribution in [0.15, 0.2) is 0 Å². The largest absolute Gasteiger partial charge is 0.444 e. The van der Waals surface area contributed by atoms with Gasteiger partial charge in [0.15, 0.2) is 0 Å². The van der Waals surface area contributed by atoms with Crippen LogP contribution in [0.5, 0.6) is 0 Å². The fourth-order valence-corrected chi connectivity index (χ4v) is 4.23. The lowest BCUT2D eigenvalue weighted by atomic mass is 9.61. The maximum atomic E-state index is 12.1. The molecule has 3 aliphatic heterocycles. The molecular weight excluding hydrogens is 256 g/mol. The number of nitrogens with two attached hydrogens (primary N) is 1. The van der Waals surface area contributed by atoms with Crippen LogP contribution in [0.3, 0.4) is 0 Å². The molecule has 1 aliphatic carbocycles. The van der Waals surface area contributed by atoms with Gasteiger partial charge in [0.2, 0.25) is 0 Å². The van der Waals surface area contributed by atoms with Gasteiger partial charge in [-0.2, -0.15) is 0 Å². The molecule has 4 aliphatic rings. The number of piperidine rings is 1. The Balaban J connectivity index is 1.62. The summed E-state index contributed by atoms with van der Waals surface area (Å²) in [5, 5.41) is 0. The topological polar surface area (TPSA) is 64.8 Å². The quantitative estimate of drug-likeness (QED) is 0.738. The number of hydrogen-bond acceptors (Lipinski definition) is 4. The molecule has 3 saturated heterocycles. The molecule has 1 saturated carbocycles. The highest BCUT2D eigenvalue weighted by molar-refractivity contribution is 5.68. The molecule has 20 heavy (non-hydrogen) atoms. The van der Waals surface area contributed by atoms with Gasteiger partial charge in [0, 0.05) is 13.1 Å². The van der Waals surface area contributed by atoms with Crippen LogP contribution in [0.1, 0.15) is 53.4 Å². The van der Waals surface area contributed by atoms with Crippen molar-refractivity contribution in [3.8, 4) is 0 Å². The molecule has 3 heterocycles. The molecule has 0 aromatic rings. The van der Waals surface area contributed by atoms with Gasteiger partial charge in [-0.25, -0.2) is 4.79 Å². The third-order valence-electron chi connectivity index (χ3n) is 4.95. The van der Waals surface area contributed by atoms with Crippen molar-refractivity contribution in [3.63, 3.8) is 0 Å². The zero-order valence-electron chi connectivity index (χ0n) is 13.0. The molecule has 0 aromatic carbocycles. The summed E-state index contributed by atoms with van der Waals surface area (Å²) in [5.41, 5.74) is 5.63. The number of likely N-dealkylation sites (tertiary alicyclic amines) is 1. The minimum Gasteiger partial charge on any atom is -0.444 e. The fraction of sp³-hybridized carbons (Fsp3) is 0.933. The lowest BCUT2D eigenvalue weighted by Crippen LogP contribution is -2.64. The van der Waals surface area contributed by atoms with Crippen LogP contribution < -0.4 is 5.73 Å². The van der Waals surface area contributed by atoms with E-state index in [9.17, 15) is 4.79 Å². The van der Waals surface area contributed by atoms with Crippen molar-refractivity contribution in [2.24, 2.45) is 5.73 Å². The Kier molecular flexibility index (Phi) is 2.75. The summed E-state index contributed by atoms with van der Waals surface area (Å²) < 4.78 is 11.7. The van der Waals surface area contributed by atoms with Crippen molar-refractivity contribution in [3.05, 3.63) is 0 Å². The van der Waals surface area contributed by atoms with Crippen LogP contribution in [0, 0.1) is 0 Å². The maximum absolute atomic E-state index is 12.1. The molecule has 5 heteroatoms. The number of carbonyl (C=O) groups is 1. The Bertz CT molecular complexity index is 427. The van der Waals surface area contributed by atoms with E-state index in [1.54, 1.807) is 4.90 Å². The van der Waals surface area contributed by atoms with E-state index in [0.717, 1.165) is 25.7 Å². The number of ether oxygens (including phenoxy) is 2. The van der Waals surface area contributed by atoms with Crippen LogP contribution in [0.2, 0.25) is 0 Å². The van der Waals surface area contributed by atoms with E-state index < -0.39 is 5.60 Å². The highest BCUT2D eigenvalue weighted by Gasteiger charge is 2.71. The van der Waals surface area contributed by atoms with Gasteiger partial charge in [0.25, 0.3) is 0 Å². The molecule has 0 atom stereocenters. The first-order valence-corrected chi connectivity index (χ1v) is 7.54. The molecule has 5 nitrogen and oxygen atoms in total. The molecule has 2 N–H and O–H groups in total. The highest BCUT2D eigenvalue weighted by Crippen LogP contribution is 2.62. The maximum Gasteiger partial charge on any atom is 0.410 e. The van der Waals surface area contributed by atoms with E-state index in [-0.39, 0.29) is 22.8 Å². The van der Waals surface area contributed by atoms with Crippen LogP contribution in [-0.4, -0.2) is 46.4 Å². The van der Waals surface area contributed by atoms with Crippen molar-refractivity contribution in [1.29, 1.82) is 0 Å². The second kappa shape index (κ2) is 3.89. The minimum atomic E-state index is -0.444. The monoisotopic (exact) mass is 282 g/mol. The average molecular weight is 282 g/mol. The summed E-state index contributed by atoms with van der Waals surface area (Å²) in [5.74, 6) is 0. The summed E-state index contributed by atoms with van der Waals surface area (Å²) >= 11 is 0. The zero-order chi connectivity index (χ0) is 14.8. The Labute approximate surface area is 120 Å². The van der Waals surface area contributed by atoms with Crippen LogP contribution in [0.25, 0.3) is 0 Å². The molecule has 1 amide bonds. The third kappa shape index (κ3) is 2.02. The average Bonchev–Trinajstić information content (AvgIpc) is 2.56. The third-order valence-corrected chi connectivity index (χ3v) is 4.95. The minimum absolute atomic E-state index is 0.0250. The van der Waals surface area contributed by atoms with Gasteiger partial charge in [-0.1, -0.05) is 0 Å². The van der Waals surface area contributed by atoms with E-state index in [1.165, 1.54) is 0 Å². The Morgan fingerprint density at radius 2 is 1.80 bits per heavy atom. The molecule has 1 spiro atoms. The van der Waals surface area contributed by atoms with E-state index in [2.05, 4.69) is 6.92 Å². The standard InChI is InChI=1S/C15H26N2O3/c1-12(2,3)19-11(18)17-7-5-15(6-8-17)14(16)9-13(4,10-14)20-15/h5-10,16H2,1-4H3. The van der Waals surface area contributed by atoms with E-state index in [1.807, 2.05) is 20.8 Å². The van der Waals surface area contributed by atoms with Gasteiger partial charge in [-0.05, 0) is 53.4 Å². The van der Waals surface area contributed by atoms with Crippen molar-refractivity contribution >= 4 is 6.09 Å². The van der Waals surface area contributed by atoms with E-state index in [4.69, 9.17) is 15.2 Å². The van der Waals surface area contributed by atoms with Crippen molar-refractivity contribution in [1.82, 2.24) is 4.90 Å². The van der Waals surface area contributed by atoms with Crippen LogP contribution >= 0.6 is 0 Å². The Hall–Kier alpha value is -0.810. The first-order valence-electron chi connectivity index (χ1n) is 7.54. The van der Waals surface area contributed by atoms with Crippen molar-refractivity contribution in [2.45, 2.75) is 75.7 Å². The summed E-state index contributed by atoms with van der Waals surface area (Å²) in [6.07, 6.45) is 3.31. The SMILES string of the molecule is CC(C)(C)OC(=O)N1CCC2(CC1)OC1(C)CC2(N)C1. The summed E-state index contributed by atoms with van der Waals surface area (Å²) in [7, 11) is 0. The van der Waals surface area contributed by atoms with Gasteiger partial charge in [0.05, 0.1) is 16.7 Å². The summed E-state index contributed by atoms with van der Waals surface area (Å²) in [6.45, 7) is 9.16. The molecule has 2 bridgehead atoms. The molecular formula is C15H26N2O3. The molecule has 0 radical (unpaired) electrons. The van der Waals surface area contributed by atoms with Gasteiger partial charge in [-0.3, -0.25) is 0 Å². The van der Waals surface area contributed by atoms with Gasteiger partial charge in [0.1, 0.15) is 5.60 Å². The number of amides is 1. The first-order chi connectivity index (χ1) is 9.07. The molecule has 0 aromatic heterocycles. The van der Waals surface area contributed by atoms with Crippen LogP contribution in [-0.2, 0) is 9.47 Å². The second-order valence-electron chi connectivity index (χ2n) is 8.02. The highest BCUT2D eigenvalue weighted by atomic mass is 16.6. The van der Waals surface area contributed by atoms with Gasteiger partial charge in [-0.15, -0.1) is 0 Å². The first kappa shape index (κ1) is 14.1. The smallest absolute Gasteiger partial charge is 0.410 e. The Morgan fingerprint density at radius 3 is 2.20 bits per heavy atom. The predicted molar refractivity (Wildman–Crippen MR) is 75.4 cm³/mol. The van der Waals surface area contributed by atoms with Gasteiger partial charge >= 0.3 is 6.09 Å². The molecule has 0 unspecified atom stereocenters.